The number of thiocarbonyl (C=S) groups is 1. The summed E-state index contributed by atoms with van der Waals surface area (Å²) in [6.07, 6.45) is 13.7. The van der Waals surface area contributed by atoms with Crippen LogP contribution in [-0.4, -0.2) is 52.9 Å². The molecular weight excluding hydrogens is 486 g/mol. The number of hydrogen-bond donors (Lipinski definition) is 0. The van der Waals surface area contributed by atoms with Gasteiger partial charge in [-0.2, -0.15) is 0 Å². The van der Waals surface area contributed by atoms with Gasteiger partial charge in [-0.3, -0.25) is 19.4 Å². The minimum atomic E-state index is -0.333. The number of nitrogens with zero attached hydrogens (tertiary/aromatic N) is 3. The Bertz CT molecular complexity index is 1170. The third-order valence-corrected chi connectivity index (χ3v) is 7.32. The second-order valence-corrected chi connectivity index (χ2v) is 9.56. The van der Waals surface area contributed by atoms with E-state index in [1.54, 1.807) is 6.08 Å². The van der Waals surface area contributed by atoms with Crippen molar-refractivity contribution in [1.82, 2.24) is 9.80 Å². The molecule has 5 nitrogen and oxygen atoms in total. The smallest absolute Gasteiger partial charge is 0.265 e. The highest BCUT2D eigenvalue weighted by Gasteiger charge is 2.37. The number of hydrogen-bond acceptors (Lipinski definition) is 5. The molecule has 0 N–H and O–H groups in total. The summed E-state index contributed by atoms with van der Waals surface area (Å²) >= 11 is 6.84. The normalized spacial score (nSPS) is 14.8. The lowest BCUT2D eigenvalue weighted by Gasteiger charge is -2.35. The fraction of sp³-hybridized carbons (Fsp3) is 0.276. The van der Waals surface area contributed by atoms with Gasteiger partial charge < -0.3 is 4.90 Å². The molecule has 188 valence electrons. The molecule has 1 aliphatic rings. The van der Waals surface area contributed by atoms with Crippen molar-refractivity contribution >= 4 is 64.4 Å². The van der Waals surface area contributed by atoms with Crippen LogP contribution in [0.4, 0.5) is 5.69 Å². The summed E-state index contributed by atoms with van der Waals surface area (Å²) in [6.45, 7) is 10.9. The van der Waals surface area contributed by atoms with Crippen molar-refractivity contribution in [3.05, 3.63) is 81.6 Å². The number of likely N-dealkylation sites (N-methyl/N-ethyl adjacent to an activating group) is 2. The Kier molecular flexibility index (Phi) is 9.96. The van der Waals surface area contributed by atoms with Crippen LogP contribution >= 0.6 is 23.6 Å². The molecule has 0 unspecified atom stereocenters. The molecule has 0 radical (unpaired) electrons. The minimum Gasteiger partial charge on any atom is -0.372 e. The van der Waals surface area contributed by atoms with E-state index in [-0.39, 0.29) is 22.5 Å². The van der Waals surface area contributed by atoms with E-state index in [1.807, 2.05) is 56.4 Å². The number of thiophene rings is 1. The molecule has 2 amide bonds. The van der Waals surface area contributed by atoms with Crippen LogP contribution in [0.5, 0.6) is 0 Å². The summed E-state index contributed by atoms with van der Waals surface area (Å²) in [5, 5.41) is 0.277. The van der Waals surface area contributed by atoms with Crippen LogP contribution in [0.2, 0.25) is 0 Å². The number of carbonyl (C=O) groups excluding carboxylic acids is 2. The molecule has 36 heavy (non-hydrogen) atoms. The monoisotopic (exact) mass is 519 g/mol. The predicted octanol–water partition coefficient (Wildman–Crippen LogP) is 6.26. The van der Waals surface area contributed by atoms with E-state index < -0.39 is 0 Å². The number of allylic oxidation sites excluding steroid dienone is 4. The quantitative estimate of drug-likeness (QED) is 0.161. The van der Waals surface area contributed by atoms with Gasteiger partial charge in [-0.15, -0.1) is 11.3 Å². The molecule has 0 spiro atoms. The van der Waals surface area contributed by atoms with Crippen LogP contribution < -0.4 is 4.90 Å². The Balaban J connectivity index is 1.62. The van der Waals surface area contributed by atoms with Gasteiger partial charge in [0.25, 0.3) is 11.8 Å². The number of carbonyl (C=O) groups is 2. The third-order valence-electron chi connectivity index (χ3n) is 5.88. The summed E-state index contributed by atoms with van der Waals surface area (Å²) in [4.78, 5) is 32.7. The van der Waals surface area contributed by atoms with Crippen molar-refractivity contribution < 1.29 is 9.59 Å². The van der Waals surface area contributed by atoms with Gasteiger partial charge in [0.15, 0.2) is 5.11 Å². The molecule has 3 rings (SSSR count). The molecule has 7 heteroatoms. The Hall–Kier alpha value is -3.29. The number of rotatable bonds is 10. The van der Waals surface area contributed by atoms with Crippen molar-refractivity contribution in [3.8, 4) is 0 Å². The number of benzene rings is 1. The van der Waals surface area contributed by atoms with Crippen LogP contribution in [0.15, 0.2) is 66.3 Å². The zero-order chi connectivity index (χ0) is 26.1. The fourth-order valence-corrected chi connectivity index (χ4v) is 5.18. The van der Waals surface area contributed by atoms with Crippen molar-refractivity contribution in [3.63, 3.8) is 0 Å². The summed E-state index contributed by atoms with van der Waals surface area (Å²) in [7, 11) is 0. The molecule has 1 aromatic carbocycles. The van der Waals surface area contributed by atoms with E-state index >= 15 is 0 Å². The maximum Gasteiger partial charge on any atom is 0.265 e. The maximum absolute atomic E-state index is 12.8. The van der Waals surface area contributed by atoms with Gasteiger partial charge in [0, 0.05) is 41.6 Å². The zero-order valence-corrected chi connectivity index (χ0v) is 22.9. The van der Waals surface area contributed by atoms with E-state index in [0.717, 1.165) is 28.4 Å². The molecular formula is C29H33N3O2S2. The average molecular weight is 520 g/mol. The molecule has 0 bridgehead atoms. The molecule has 0 atom stereocenters. The second kappa shape index (κ2) is 13.1. The van der Waals surface area contributed by atoms with Gasteiger partial charge >= 0.3 is 0 Å². The Morgan fingerprint density at radius 2 is 1.33 bits per heavy atom. The first-order valence-corrected chi connectivity index (χ1v) is 13.5. The Labute approximate surface area is 223 Å². The lowest BCUT2D eigenvalue weighted by Crippen LogP contribution is -2.55. The third kappa shape index (κ3) is 6.47. The van der Waals surface area contributed by atoms with Crippen LogP contribution in [0.3, 0.4) is 0 Å². The molecule has 2 heterocycles. The van der Waals surface area contributed by atoms with Crippen LogP contribution in [0.1, 0.15) is 43.0 Å². The highest BCUT2D eigenvalue weighted by Crippen LogP contribution is 2.25. The van der Waals surface area contributed by atoms with Crippen molar-refractivity contribution in [2.75, 3.05) is 31.1 Å². The van der Waals surface area contributed by atoms with Crippen LogP contribution in [0.25, 0.3) is 18.2 Å². The predicted molar refractivity (Wildman–Crippen MR) is 157 cm³/mol. The topological polar surface area (TPSA) is 43.9 Å². The fourth-order valence-electron chi connectivity index (χ4n) is 3.89. The lowest BCUT2D eigenvalue weighted by atomic mass is 10.1. The van der Waals surface area contributed by atoms with E-state index in [1.165, 1.54) is 26.8 Å². The van der Waals surface area contributed by atoms with Crippen molar-refractivity contribution in [1.29, 1.82) is 0 Å². The van der Waals surface area contributed by atoms with Gasteiger partial charge in [-0.1, -0.05) is 42.5 Å². The zero-order valence-electron chi connectivity index (χ0n) is 21.3. The van der Waals surface area contributed by atoms with E-state index in [0.29, 0.717) is 13.1 Å². The Morgan fingerprint density at radius 3 is 1.89 bits per heavy atom. The first-order chi connectivity index (χ1) is 17.4. The summed E-state index contributed by atoms with van der Waals surface area (Å²) in [6, 6.07) is 12.5. The first-order valence-electron chi connectivity index (χ1n) is 12.3. The van der Waals surface area contributed by atoms with Crippen molar-refractivity contribution in [2.24, 2.45) is 0 Å². The number of amides is 2. The van der Waals surface area contributed by atoms with Gasteiger partial charge in [-0.05, 0) is 81.9 Å². The first kappa shape index (κ1) is 27.3. The van der Waals surface area contributed by atoms with E-state index in [2.05, 4.69) is 49.1 Å². The SMILES string of the molecule is CCN1C(=O)C(=Cc2ccc(/C=C/C=C/C=C/c3ccc(N(CC)CC)cc3)s2)C(=O)N(CC)C1=S. The highest BCUT2D eigenvalue weighted by atomic mass is 32.1. The van der Waals surface area contributed by atoms with Crippen LogP contribution in [0, 0.1) is 0 Å². The van der Waals surface area contributed by atoms with E-state index in [4.69, 9.17) is 12.2 Å². The second-order valence-electron chi connectivity index (χ2n) is 8.05. The molecule has 0 aliphatic carbocycles. The number of anilines is 1. The molecule has 1 aromatic heterocycles. The maximum atomic E-state index is 12.8. The summed E-state index contributed by atoms with van der Waals surface area (Å²) < 4.78 is 0. The summed E-state index contributed by atoms with van der Waals surface area (Å²) in [5.74, 6) is -0.666. The molecule has 1 aliphatic heterocycles. The standard InChI is InChI=1S/C29H33N3O2S2/c1-5-30(6-2)23-17-15-22(16-18-23)13-11-9-10-12-14-24-19-20-25(36-24)21-26-27(33)31(7-3)29(35)32(8-4)28(26)34/h9-21H,5-8H2,1-4H3/b10-9+,13-11+,14-12+. The van der Waals surface area contributed by atoms with Gasteiger partial charge in [0.1, 0.15) is 5.57 Å². The minimum absolute atomic E-state index is 0.153. The van der Waals surface area contributed by atoms with Crippen molar-refractivity contribution in [2.45, 2.75) is 27.7 Å². The van der Waals surface area contributed by atoms with Gasteiger partial charge in [0.2, 0.25) is 0 Å². The average Bonchev–Trinajstić information content (AvgIpc) is 3.33. The summed E-state index contributed by atoms with van der Waals surface area (Å²) in [5.41, 5.74) is 2.55. The van der Waals surface area contributed by atoms with Gasteiger partial charge in [-0.25, -0.2) is 0 Å². The molecule has 1 saturated heterocycles. The van der Waals surface area contributed by atoms with Gasteiger partial charge in [0.05, 0.1) is 0 Å². The highest BCUT2D eigenvalue weighted by molar-refractivity contribution is 7.80. The molecule has 1 fully saturated rings. The van der Waals surface area contributed by atoms with Crippen LogP contribution in [-0.2, 0) is 9.59 Å². The molecule has 2 aromatic rings. The lowest BCUT2D eigenvalue weighted by molar-refractivity contribution is -0.133. The Morgan fingerprint density at radius 1 is 0.778 bits per heavy atom. The van der Waals surface area contributed by atoms with E-state index in [9.17, 15) is 9.59 Å². The molecule has 0 saturated carbocycles. The largest absolute Gasteiger partial charge is 0.372 e.